The van der Waals surface area contributed by atoms with E-state index in [4.69, 9.17) is 4.98 Å². The average molecular weight is 338 g/mol. The van der Waals surface area contributed by atoms with E-state index in [1.165, 1.54) is 23.3 Å². The van der Waals surface area contributed by atoms with Crippen LogP contribution < -0.4 is 5.32 Å². The Morgan fingerprint density at radius 2 is 2.16 bits per heavy atom. The zero-order chi connectivity index (χ0) is 13.4. The number of pyridine rings is 1. The molecule has 5 heteroatoms. The van der Waals surface area contributed by atoms with Crippen LogP contribution in [0.3, 0.4) is 0 Å². The molecule has 0 radical (unpaired) electrons. The first kappa shape index (κ1) is 13.2. The fraction of sp³-hybridized carbons (Fsp3) is 0.429. The molecule has 0 aromatic carbocycles. The lowest BCUT2D eigenvalue weighted by atomic mass is 10.1. The van der Waals surface area contributed by atoms with Gasteiger partial charge in [-0.25, -0.2) is 4.98 Å². The Labute approximate surface area is 125 Å². The number of thiazole rings is 1. The molecule has 0 spiro atoms. The normalized spacial score (nSPS) is 16.6. The maximum absolute atomic E-state index is 4.71. The first-order valence-electron chi connectivity index (χ1n) is 6.44. The van der Waals surface area contributed by atoms with Crippen LogP contribution in [0.25, 0.3) is 0 Å². The van der Waals surface area contributed by atoms with E-state index >= 15 is 0 Å². The number of nitrogens with one attached hydrogen (secondary N) is 1. The molecule has 1 aliphatic rings. The molecular formula is C14H16BrN3S. The van der Waals surface area contributed by atoms with E-state index in [0.717, 1.165) is 15.2 Å². The van der Waals surface area contributed by atoms with Crippen molar-refractivity contribution in [2.24, 2.45) is 0 Å². The minimum Gasteiger partial charge on any atom is -0.301 e. The number of aryl methyl sites for hydroxylation is 2. The first-order chi connectivity index (χ1) is 9.13. The molecule has 1 aliphatic carbocycles. The zero-order valence-electron chi connectivity index (χ0n) is 11.0. The van der Waals surface area contributed by atoms with Gasteiger partial charge in [-0.15, -0.1) is 11.3 Å². The maximum Gasteiger partial charge on any atom is 0.115 e. The molecule has 1 N–H and O–H groups in total. The fourth-order valence-electron chi connectivity index (χ4n) is 2.00. The van der Waals surface area contributed by atoms with Gasteiger partial charge < -0.3 is 5.32 Å². The molecule has 2 heterocycles. The molecule has 2 aromatic heterocycles. The molecule has 1 saturated carbocycles. The summed E-state index contributed by atoms with van der Waals surface area (Å²) in [6.45, 7) is 4.20. The van der Waals surface area contributed by atoms with Crippen LogP contribution >= 0.6 is 27.3 Å². The summed E-state index contributed by atoms with van der Waals surface area (Å²) >= 11 is 5.27. The lowest BCUT2D eigenvalue weighted by Gasteiger charge is -2.16. The molecule has 0 aliphatic heterocycles. The third-order valence-electron chi connectivity index (χ3n) is 3.33. The second-order valence-corrected chi connectivity index (χ2v) is 7.15. The summed E-state index contributed by atoms with van der Waals surface area (Å²) < 4.78 is 1.01. The Kier molecular flexibility index (Phi) is 3.69. The third-order valence-corrected chi connectivity index (χ3v) is 4.90. The quantitative estimate of drug-likeness (QED) is 0.922. The topological polar surface area (TPSA) is 37.8 Å². The standard InChI is InChI=1S/C14H16BrN3S/c1-8-9(2)19-14(17-8)13(18-12-3-4-12)10-5-11(15)7-16-6-10/h5-7,12-13,18H,3-4H2,1-2H3. The number of hydrogen-bond acceptors (Lipinski definition) is 4. The molecule has 0 amide bonds. The first-order valence-corrected chi connectivity index (χ1v) is 8.05. The van der Waals surface area contributed by atoms with Gasteiger partial charge in [-0.2, -0.15) is 0 Å². The van der Waals surface area contributed by atoms with Gasteiger partial charge in [-0.05, 0) is 54.2 Å². The Hall–Kier alpha value is -0.780. The van der Waals surface area contributed by atoms with Gasteiger partial charge in [0.2, 0.25) is 0 Å². The molecule has 0 bridgehead atoms. The summed E-state index contributed by atoms with van der Waals surface area (Å²) in [6, 6.07) is 2.92. The van der Waals surface area contributed by atoms with Crippen LogP contribution in [-0.2, 0) is 0 Å². The summed E-state index contributed by atoms with van der Waals surface area (Å²) in [5.41, 5.74) is 2.31. The highest BCUT2D eigenvalue weighted by atomic mass is 79.9. The second kappa shape index (κ2) is 5.31. The molecular weight excluding hydrogens is 322 g/mol. The van der Waals surface area contributed by atoms with Crippen LogP contribution in [0.4, 0.5) is 0 Å². The van der Waals surface area contributed by atoms with Crippen LogP contribution in [-0.4, -0.2) is 16.0 Å². The maximum atomic E-state index is 4.71. The van der Waals surface area contributed by atoms with Gasteiger partial charge in [0.25, 0.3) is 0 Å². The van der Waals surface area contributed by atoms with E-state index in [9.17, 15) is 0 Å². The largest absolute Gasteiger partial charge is 0.301 e. The van der Waals surface area contributed by atoms with Crippen LogP contribution in [0, 0.1) is 13.8 Å². The van der Waals surface area contributed by atoms with Crippen LogP contribution in [0.2, 0.25) is 0 Å². The number of aromatic nitrogens is 2. The Morgan fingerprint density at radius 3 is 2.74 bits per heavy atom. The summed E-state index contributed by atoms with van der Waals surface area (Å²) in [5, 5.41) is 4.82. The number of halogens is 1. The van der Waals surface area contributed by atoms with Crippen molar-refractivity contribution in [3.63, 3.8) is 0 Å². The minimum atomic E-state index is 0.162. The molecule has 3 rings (SSSR count). The van der Waals surface area contributed by atoms with Gasteiger partial charge in [-0.1, -0.05) is 0 Å². The van der Waals surface area contributed by atoms with Gasteiger partial charge in [0, 0.05) is 27.8 Å². The van der Waals surface area contributed by atoms with Crippen molar-refractivity contribution in [3.8, 4) is 0 Å². The van der Waals surface area contributed by atoms with E-state index in [0.29, 0.717) is 6.04 Å². The molecule has 1 atom stereocenters. The lowest BCUT2D eigenvalue weighted by molar-refractivity contribution is 0.595. The van der Waals surface area contributed by atoms with Crippen molar-refractivity contribution in [1.29, 1.82) is 0 Å². The summed E-state index contributed by atoms with van der Waals surface area (Å²) in [4.78, 5) is 10.3. The van der Waals surface area contributed by atoms with Crippen LogP contribution in [0.15, 0.2) is 22.9 Å². The van der Waals surface area contributed by atoms with E-state index in [1.54, 1.807) is 11.3 Å². The number of hydrogen-bond donors (Lipinski definition) is 1. The van der Waals surface area contributed by atoms with E-state index in [2.05, 4.69) is 46.1 Å². The fourth-order valence-corrected chi connectivity index (χ4v) is 3.40. The van der Waals surface area contributed by atoms with E-state index in [1.807, 2.05) is 12.4 Å². The van der Waals surface area contributed by atoms with Crippen molar-refractivity contribution in [2.75, 3.05) is 0 Å². The second-order valence-electron chi connectivity index (χ2n) is 5.00. The predicted molar refractivity (Wildman–Crippen MR) is 81.5 cm³/mol. The Balaban J connectivity index is 1.96. The van der Waals surface area contributed by atoms with Crippen molar-refractivity contribution in [3.05, 3.63) is 44.1 Å². The monoisotopic (exact) mass is 337 g/mol. The number of rotatable bonds is 4. The highest BCUT2D eigenvalue weighted by molar-refractivity contribution is 9.10. The summed E-state index contributed by atoms with van der Waals surface area (Å²) in [6.07, 6.45) is 6.27. The highest BCUT2D eigenvalue weighted by Crippen LogP contribution is 2.32. The highest BCUT2D eigenvalue weighted by Gasteiger charge is 2.28. The van der Waals surface area contributed by atoms with Crippen LogP contribution in [0.1, 0.15) is 40.0 Å². The molecule has 100 valence electrons. The zero-order valence-corrected chi connectivity index (χ0v) is 13.4. The van der Waals surface area contributed by atoms with Gasteiger partial charge in [-0.3, -0.25) is 4.98 Å². The molecule has 1 unspecified atom stereocenters. The smallest absolute Gasteiger partial charge is 0.115 e. The van der Waals surface area contributed by atoms with Gasteiger partial charge in [0.1, 0.15) is 5.01 Å². The van der Waals surface area contributed by atoms with Gasteiger partial charge in [0.15, 0.2) is 0 Å². The third kappa shape index (κ3) is 3.04. The molecule has 19 heavy (non-hydrogen) atoms. The molecule has 1 fully saturated rings. The summed E-state index contributed by atoms with van der Waals surface area (Å²) in [5.74, 6) is 0. The van der Waals surface area contributed by atoms with Gasteiger partial charge in [0.05, 0.1) is 11.7 Å². The van der Waals surface area contributed by atoms with Crippen molar-refractivity contribution in [2.45, 2.75) is 38.8 Å². The minimum absolute atomic E-state index is 0.162. The molecule has 2 aromatic rings. The van der Waals surface area contributed by atoms with E-state index < -0.39 is 0 Å². The summed E-state index contributed by atoms with van der Waals surface area (Å²) in [7, 11) is 0. The van der Waals surface area contributed by atoms with Gasteiger partial charge >= 0.3 is 0 Å². The van der Waals surface area contributed by atoms with Crippen molar-refractivity contribution < 1.29 is 0 Å². The van der Waals surface area contributed by atoms with Crippen LogP contribution in [0.5, 0.6) is 0 Å². The predicted octanol–water partition coefficient (Wildman–Crippen LogP) is 3.76. The van der Waals surface area contributed by atoms with E-state index in [-0.39, 0.29) is 6.04 Å². The Morgan fingerprint density at radius 1 is 1.37 bits per heavy atom. The molecule has 0 saturated heterocycles. The van der Waals surface area contributed by atoms with Crippen molar-refractivity contribution >= 4 is 27.3 Å². The number of nitrogens with zero attached hydrogens (tertiary/aromatic N) is 2. The Bertz CT molecular complexity index is 573. The average Bonchev–Trinajstić information content (AvgIpc) is 3.13. The molecule has 3 nitrogen and oxygen atoms in total. The van der Waals surface area contributed by atoms with Crippen molar-refractivity contribution in [1.82, 2.24) is 15.3 Å². The SMILES string of the molecule is Cc1nc(C(NC2CC2)c2cncc(Br)c2)sc1C. The lowest BCUT2D eigenvalue weighted by Crippen LogP contribution is -2.24.